The molecule has 2 aliphatic heterocycles. The number of aryl methyl sites for hydroxylation is 1. The van der Waals surface area contributed by atoms with Crippen LogP contribution in [0.5, 0.6) is 0 Å². The predicted octanol–water partition coefficient (Wildman–Crippen LogP) is 3.16. The highest BCUT2D eigenvalue weighted by atomic mass is 16.2. The Morgan fingerprint density at radius 3 is 2.62 bits per heavy atom. The quantitative estimate of drug-likeness (QED) is 0.784. The Morgan fingerprint density at radius 2 is 1.77 bits per heavy atom. The third-order valence-corrected chi connectivity index (χ3v) is 6.24. The van der Waals surface area contributed by atoms with Crippen molar-refractivity contribution >= 4 is 17.7 Å². The number of rotatable bonds is 3. The molecule has 0 spiro atoms. The van der Waals surface area contributed by atoms with Gasteiger partial charge in [0.25, 0.3) is 11.8 Å². The van der Waals surface area contributed by atoms with Gasteiger partial charge in [0.15, 0.2) is 0 Å². The van der Waals surface area contributed by atoms with Gasteiger partial charge in [0.05, 0.1) is 11.1 Å². The van der Waals surface area contributed by atoms with E-state index in [2.05, 4.69) is 0 Å². The molecule has 3 amide bonds. The maximum atomic E-state index is 12.8. The molecule has 1 aliphatic carbocycles. The van der Waals surface area contributed by atoms with Crippen LogP contribution < -0.4 is 0 Å². The van der Waals surface area contributed by atoms with E-state index in [0.717, 1.165) is 24.9 Å². The Kier molecular flexibility index (Phi) is 4.55. The van der Waals surface area contributed by atoms with Gasteiger partial charge in [-0.25, -0.2) is 0 Å². The van der Waals surface area contributed by atoms with Crippen molar-refractivity contribution in [3.8, 4) is 0 Å². The van der Waals surface area contributed by atoms with Crippen LogP contribution in [-0.4, -0.2) is 46.7 Å². The molecule has 2 atom stereocenters. The summed E-state index contributed by atoms with van der Waals surface area (Å²) in [6.07, 6.45) is 7.33. The molecule has 138 valence electrons. The topological polar surface area (TPSA) is 57.7 Å². The molecule has 3 aliphatic rings. The van der Waals surface area contributed by atoms with E-state index in [1.54, 1.807) is 12.1 Å². The highest BCUT2D eigenvalue weighted by Crippen LogP contribution is 2.35. The second-order valence-corrected chi connectivity index (χ2v) is 7.90. The predicted molar refractivity (Wildman–Crippen MR) is 97.9 cm³/mol. The number of benzene rings is 1. The highest BCUT2D eigenvalue weighted by molar-refractivity contribution is 6.21. The van der Waals surface area contributed by atoms with Crippen LogP contribution in [0.3, 0.4) is 0 Å². The maximum Gasteiger partial charge on any atom is 0.261 e. The number of piperidine rings is 1. The van der Waals surface area contributed by atoms with Crippen LogP contribution in [0.15, 0.2) is 18.2 Å². The van der Waals surface area contributed by atoms with Gasteiger partial charge in [0.1, 0.15) is 0 Å². The lowest BCUT2D eigenvalue weighted by Crippen LogP contribution is -2.50. The van der Waals surface area contributed by atoms with Crippen LogP contribution in [0, 0.1) is 12.8 Å². The van der Waals surface area contributed by atoms with Crippen molar-refractivity contribution < 1.29 is 14.4 Å². The fraction of sp³-hybridized carbons (Fsp3) is 0.571. The van der Waals surface area contributed by atoms with Gasteiger partial charge in [0.2, 0.25) is 5.91 Å². The number of fused-ring (bicyclic) bond motifs is 2. The number of hydrogen-bond acceptors (Lipinski definition) is 3. The molecule has 1 saturated heterocycles. The third kappa shape index (κ3) is 2.93. The minimum atomic E-state index is -0.271. The highest BCUT2D eigenvalue weighted by Gasteiger charge is 2.38. The Labute approximate surface area is 154 Å². The molecule has 2 fully saturated rings. The number of imide groups is 1. The fourth-order valence-corrected chi connectivity index (χ4v) is 4.89. The van der Waals surface area contributed by atoms with E-state index in [-0.39, 0.29) is 30.7 Å². The summed E-state index contributed by atoms with van der Waals surface area (Å²) in [6.45, 7) is 2.90. The van der Waals surface area contributed by atoms with Gasteiger partial charge in [-0.05, 0) is 50.7 Å². The van der Waals surface area contributed by atoms with Crippen LogP contribution in [0.25, 0.3) is 0 Å². The number of nitrogens with zero attached hydrogens (tertiary/aromatic N) is 2. The van der Waals surface area contributed by atoms with Gasteiger partial charge >= 0.3 is 0 Å². The van der Waals surface area contributed by atoms with Crippen molar-refractivity contribution in [1.82, 2.24) is 9.80 Å². The number of likely N-dealkylation sites (tertiary alicyclic amines) is 1. The molecule has 4 rings (SSSR count). The van der Waals surface area contributed by atoms with Gasteiger partial charge in [-0.1, -0.05) is 24.5 Å². The van der Waals surface area contributed by atoms with Gasteiger partial charge in [-0.15, -0.1) is 0 Å². The van der Waals surface area contributed by atoms with E-state index >= 15 is 0 Å². The Morgan fingerprint density at radius 1 is 1.04 bits per heavy atom. The smallest absolute Gasteiger partial charge is 0.261 e. The van der Waals surface area contributed by atoms with Crippen LogP contribution in [0.2, 0.25) is 0 Å². The summed E-state index contributed by atoms with van der Waals surface area (Å²) >= 11 is 0. The zero-order valence-electron chi connectivity index (χ0n) is 15.4. The molecule has 0 radical (unpaired) electrons. The monoisotopic (exact) mass is 354 g/mol. The van der Waals surface area contributed by atoms with Gasteiger partial charge in [-0.2, -0.15) is 0 Å². The van der Waals surface area contributed by atoms with Crippen molar-refractivity contribution in [2.24, 2.45) is 5.92 Å². The third-order valence-electron chi connectivity index (χ3n) is 6.24. The molecule has 2 heterocycles. The molecule has 5 heteroatoms. The summed E-state index contributed by atoms with van der Waals surface area (Å²) in [5.74, 6) is 0.195. The lowest BCUT2D eigenvalue weighted by Gasteiger charge is -2.44. The maximum absolute atomic E-state index is 12.8. The van der Waals surface area contributed by atoms with Crippen LogP contribution in [0.4, 0.5) is 0 Å². The van der Waals surface area contributed by atoms with Crippen molar-refractivity contribution in [2.75, 3.05) is 13.1 Å². The van der Waals surface area contributed by atoms with E-state index in [9.17, 15) is 14.4 Å². The molecule has 1 aromatic rings. The van der Waals surface area contributed by atoms with Crippen molar-refractivity contribution in [3.63, 3.8) is 0 Å². The van der Waals surface area contributed by atoms with Crippen LogP contribution in [-0.2, 0) is 4.79 Å². The molecule has 1 aromatic carbocycles. The first-order valence-corrected chi connectivity index (χ1v) is 9.82. The summed E-state index contributed by atoms with van der Waals surface area (Å²) in [4.78, 5) is 41.2. The van der Waals surface area contributed by atoms with Gasteiger partial charge < -0.3 is 4.90 Å². The average Bonchev–Trinajstić information content (AvgIpc) is 2.89. The molecule has 26 heavy (non-hydrogen) atoms. The Balaban J connectivity index is 1.42. The zero-order valence-corrected chi connectivity index (χ0v) is 15.4. The van der Waals surface area contributed by atoms with Crippen LogP contribution in [0.1, 0.15) is 71.2 Å². The number of carbonyl (C=O) groups is 3. The normalized spacial score (nSPS) is 25.3. The van der Waals surface area contributed by atoms with E-state index in [1.165, 1.54) is 30.6 Å². The SMILES string of the molecule is Cc1ccc2c(c1)C(=O)N(CCC(=O)N1CCC[C@H]3CCCC[C@H]31)C2=O. The fourth-order valence-electron chi connectivity index (χ4n) is 4.89. The van der Waals surface area contributed by atoms with Crippen molar-refractivity contribution in [1.29, 1.82) is 0 Å². The van der Waals surface area contributed by atoms with Gasteiger partial charge in [0, 0.05) is 25.6 Å². The number of hydrogen-bond donors (Lipinski definition) is 0. The van der Waals surface area contributed by atoms with E-state index in [4.69, 9.17) is 0 Å². The van der Waals surface area contributed by atoms with Crippen molar-refractivity contribution in [2.45, 2.75) is 57.9 Å². The van der Waals surface area contributed by atoms with Crippen LogP contribution >= 0.6 is 0 Å². The first-order valence-electron chi connectivity index (χ1n) is 9.82. The summed E-state index contributed by atoms with van der Waals surface area (Å²) in [6, 6.07) is 5.68. The largest absolute Gasteiger partial charge is 0.339 e. The minimum absolute atomic E-state index is 0.0920. The van der Waals surface area contributed by atoms with E-state index < -0.39 is 0 Å². The van der Waals surface area contributed by atoms with E-state index in [0.29, 0.717) is 23.1 Å². The molecule has 0 aromatic heterocycles. The first-order chi connectivity index (χ1) is 12.6. The number of carbonyl (C=O) groups excluding carboxylic acids is 3. The van der Waals surface area contributed by atoms with E-state index in [1.807, 2.05) is 17.9 Å². The lowest BCUT2D eigenvalue weighted by molar-refractivity contribution is -0.137. The first kappa shape index (κ1) is 17.3. The molecular formula is C21H26N2O3. The minimum Gasteiger partial charge on any atom is -0.339 e. The van der Waals surface area contributed by atoms with Gasteiger partial charge in [-0.3, -0.25) is 19.3 Å². The molecule has 0 unspecified atom stereocenters. The summed E-state index contributed by atoms with van der Waals surface area (Å²) in [7, 11) is 0. The average molecular weight is 354 g/mol. The summed E-state index contributed by atoms with van der Waals surface area (Å²) in [5, 5.41) is 0. The molecule has 0 bridgehead atoms. The second-order valence-electron chi connectivity index (χ2n) is 7.90. The Hall–Kier alpha value is -2.17. The lowest BCUT2D eigenvalue weighted by atomic mass is 9.78. The molecule has 5 nitrogen and oxygen atoms in total. The molecular weight excluding hydrogens is 328 g/mol. The second kappa shape index (κ2) is 6.86. The molecule has 0 N–H and O–H groups in total. The summed E-state index contributed by atoms with van der Waals surface area (Å²) < 4.78 is 0. The number of amides is 3. The zero-order chi connectivity index (χ0) is 18.3. The standard InChI is InChI=1S/C21H26N2O3/c1-14-8-9-16-17(13-14)21(26)23(20(16)25)12-10-19(24)22-11-4-6-15-5-2-3-7-18(15)22/h8-9,13,15,18H,2-7,10-12H2,1H3/t15-,18-/m1/s1. The molecule has 1 saturated carbocycles. The summed E-state index contributed by atoms with van der Waals surface area (Å²) in [5.41, 5.74) is 1.88. The van der Waals surface area contributed by atoms with Crippen molar-refractivity contribution in [3.05, 3.63) is 34.9 Å². The Bertz CT molecular complexity index is 756.